The third-order valence-electron chi connectivity index (χ3n) is 5.44. The van der Waals surface area contributed by atoms with Crippen LogP contribution in [-0.2, 0) is 19.4 Å². The number of para-hydroxylation sites is 1. The lowest BCUT2D eigenvalue weighted by molar-refractivity contribution is 0.102. The predicted octanol–water partition coefficient (Wildman–Crippen LogP) is 5.62. The molecule has 3 aromatic heterocycles. The number of fused-ring (bicyclic) bond motifs is 2. The molecule has 0 spiro atoms. The zero-order chi connectivity index (χ0) is 20.0. The summed E-state index contributed by atoms with van der Waals surface area (Å²) in [5, 5.41) is 9.40. The first-order valence-electron chi connectivity index (χ1n) is 9.97. The molecule has 0 saturated carbocycles. The molecule has 1 amide bonds. The first-order valence-corrected chi connectivity index (χ1v) is 11.6. The molecular formula is C22H22N4OS2. The van der Waals surface area contributed by atoms with Crippen LogP contribution in [0, 0.1) is 5.92 Å². The van der Waals surface area contributed by atoms with Crippen LogP contribution in [-0.4, -0.2) is 20.7 Å². The van der Waals surface area contributed by atoms with Gasteiger partial charge in [-0.15, -0.1) is 22.7 Å². The maximum atomic E-state index is 12.9. The van der Waals surface area contributed by atoms with Gasteiger partial charge in [-0.3, -0.25) is 9.48 Å². The topological polar surface area (TPSA) is 59.8 Å². The Morgan fingerprint density at radius 3 is 2.93 bits per heavy atom. The van der Waals surface area contributed by atoms with Crippen LogP contribution >= 0.6 is 22.7 Å². The van der Waals surface area contributed by atoms with E-state index in [1.807, 2.05) is 31.3 Å². The quantitative estimate of drug-likeness (QED) is 0.464. The Bertz CT molecular complexity index is 1170. The Labute approximate surface area is 177 Å². The van der Waals surface area contributed by atoms with E-state index >= 15 is 0 Å². The van der Waals surface area contributed by atoms with Gasteiger partial charge in [0.05, 0.1) is 10.2 Å². The maximum absolute atomic E-state index is 12.9. The molecular weight excluding hydrogens is 400 g/mol. The van der Waals surface area contributed by atoms with Crippen LogP contribution in [0.4, 0.5) is 5.00 Å². The number of aromatic nitrogens is 3. The molecule has 4 aromatic rings. The van der Waals surface area contributed by atoms with Crippen LogP contribution in [0.25, 0.3) is 20.8 Å². The lowest BCUT2D eigenvalue weighted by Crippen LogP contribution is -2.13. The van der Waals surface area contributed by atoms with Crippen molar-refractivity contribution in [2.45, 2.75) is 39.7 Å². The Balaban J connectivity index is 1.58. The van der Waals surface area contributed by atoms with E-state index in [9.17, 15) is 4.79 Å². The third-order valence-corrected chi connectivity index (χ3v) is 7.67. The van der Waals surface area contributed by atoms with Crippen molar-refractivity contribution < 1.29 is 4.79 Å². The number of thiazole rings is 1. The van der Waals surface area contributed by atoms with Gasteiger partial charge in [0.15, 0.2) is 5.69 Å². The van der Waals surface area contributed by atoms with Gasteiger partial charge < -0.3 is 5.32 Å². The largest absolute Gasteiger partial charge is 0.312 e. The van der Waals surface area contributed by atoms with Gasteiger partial charge in [-0.05, 0) is 55.9 Å². The van der Waals surface area contributed by atoms with Gasteiger partial charge in [-0.2, -0.15) is 5.10 Å². The highest BCUT2D eigenvalue weighted by atomic mass is 32.1. The number of carbonyl (C=O) groups excluding carboxylic acids is 1. The summed E-state index contributed by atoms with van der Waals surface area (Å²) < 4.78 is 2.94. The lowest BCUT2D eigenvalue weighted by Gasteiger charge is -2.18. The summed E-state index contributed by atoms with van der Waals surface area (Å²) in [7, 11) is 0. The normalized spacial score (nSPS) is 16.1. The van der Waals surface area contributed by atoms with E-state index in [1.54, 1.807) is 33.4 Å². The highest BCUT2D eigenvalue weighted by molar-refractivity contribution is 7.23. The molecule has 29 heavy (non-hydrogen) atoms. The Morgan fingerprint density at radius 2 is 2.14 bits per heavy atom. The molecule has 0 bridgehead atoms. The monoisotopic (exact) mass is 422 g/mol. The zero-order valence-corrected chi connectivity index (χ0v) is 18.1. The predicted molar refractivity (Wildman–Crippen MR) is 120 cm³/mol. The fourth-order valence-corrected chi connectivity index (χ4v) is 6.39. The summed E-state index contributed by atoms with van der Waals surface area (Å²) in [6.07, 6.45) is 5.12. The molecule has 0 aliphatic heterocycles. The van der Waals surface area contributed by atoms with Crippen molar-refractivity contribution >= 4 is 43.8 Å². The minimum atomic E-state index is -0.161. The fourth-order valence-electron chi connectivity index (χ4n) is 3.87. The summed E-state index contributed by atoms with van der Waals surface area (Å²) >= 11 is 3.40. The average Bonchev–Trinajstić information content (AvgIpc) is 3.43. The van der Waals surface area contributed by atoms with Crippen LogP contribution in [0.2, 0.25) is 0 Å². The lowest BCUT2D eigenvalue weighted by atomic mass is 9.88. The molecule has 1 aromatic carbocycles. The highest BCUT2D eigenvalue weighted by Crippen LogP contribution is 2.47. The number of anilines is 1. The van der Waals surface area contributed by atoms with Crippen LogP contribution < -0.4 is 5.32 Å². The molecule has 1 unspecified atom stereocenters. The zero-order valence-electron chi connectivity index (χ0n) is 16.4. The van der Waals surface area contributed by atoms with E-state index in [0.29, 0.717) is 11.6 Å². The summed E-state index contributed by atoms with van der Waals surface area (Å²) in [4.78, 5) is 19.2. The Kier molecular flexibility index (Phi) is 4.72. The van der Waals surface area contributed by atoms with Crippen LogP contribution in [0.1, 0.15) is 41.2 Å². The molecule has 3 heterocycles. The smallest absolute Gasteiger partial charge is 0.276 e. The van der Waals surface area contributed by atoms with Crippen molar-refractivity contribution in [1.29, 1.82) is 0 Å². The number of carbonyl (C=O) groups is 1. The summed E-state index contributed by atoms with van der Waals surface area (Å²) in [6, 6.07) is 9.98. The van der Waals surface area contributed by atoms with Gasteiger partial charge >= 0.3 is 0 Å². The first kappa shape index (κ1) is 18.5. The van der Waals surface area contributed by atoms with Gasteiger partial charge in [0.1, 0.15) is 10.0 Å². The number of hydrogen-bond acceptors (Lipinski definition) is 5. The molecule has 1 atom stereocenters. The number of hydrogen-bond donors (Lipinski definition) is 1. The van der Waals surface area contributed by atoms with Crippen molar-refractivity contribution in [3.63, 3.8) is 0 Å². The first-order chi connectivity index (χ1) is 14.1. The van der Waals surface area contributed by atoms with Gasteiger partial charge in [-0.25, -0.2) is 4.98 Å². The molecule has 0 fully saturated rings. The van der Waals surface area contributed by atoms with Crippen molar-refractivity contribution in [2.75, 3.05) is 5.32 Å². The number of thiophene rings is 1. The van der Waals surface area contributed by atoms with E-state index < -0.39 is 0 Å². The molecule has 1 N–H and O–H groups in total. The van der Waals surface area contributed by atoms with E-state index in [0.717, 1.165) is 40.5 Å². The average molecular weight is 423 g/mol. The van der Waals surface area contributed by atoms with Crippen molar-refractivity contribution in [3.8, 4) is 10.6 Å². The molecule has 148 valence electrons. The van der Waals surface area contributed by atoms with E-state index in [1.165, 1.54) is 21.6 Å². The summed E-state index contributed by atoms with van der Waals surface area (Å²) in [6.45, 7) is 5.06. The number of nitrogens with zero attached hydrogens (tertiary/aromatic N) is 3. The van der Waals surface area contributed by atoms with Gasteiger partial charge in [0, 0.05) is 23.2 Å². The molecule has 1 aliphatic carbocycles. The van der Waals surface area contributed by atoms with E-state index in [2.05, 4.69) is 23.4 Å². The van der Waals surface area contributed by atoms with Crippen LogP contribution in [0.3, 0.4) is 0 Å². The second-order valence-electron chi connectivity index (χ2n) is 7.55. The van der Waals surface area contributed by atoms with Gasteiger partial charge in [0.2, 0.25) is 0 Å². The number of rotatable bonds is 4. The second kappa shape index (κ2) is 7.39. The number of benzene rings is 1. The van der Waals surface area contributed by atoms with Crippen molar-refractivity contribution in [2.24, 2.45) is 5.92 Å². The van der Waals surface area contributed by atoms with Gasteiger partial charge in [0.25, 0.3) is 5.91 Å². The minimum absolute atomic E-state index is 0.161. The third kappa shape index (κ3) is 3.38. The summed E-state index contributed by atoms with van der Waals surface area (Å²) in [5.41, 5.74) is 3.93. The fraction of sp³-hybridized carbons (Fsp3) is 0.318. The number of amides is 1. The van der Waals surface area contributed by atoms with Crippen molar-refractivity contribution in [3.05, 3.63) is 52.7 Å². The summed E-state index contributed by atoms with van der Waals surface area (Å²) in [5.74, 6) is 0.513. The van der Waals surface area contributed by atoms with Crippen LogP contribution in [0.15, 0.2) is 36.5 Å². The van der Waals surface area contributed by atoms with Gasteiger partial charge in [-0.1, -0.05) is 19.1 Å². The molecule has 7 heteroatoms. The second-order valence-corrected chi connectivity index (χ2v) is 9.69. The molecule has 5 rings (SSSR count). The number of aryl methyl sites for hydroxylation is 1. The molecule has 0 radical (unpaired) electrons. The Hall–Kier alpha value is -2.51. The van der Waals surface area contributed by atoms with E-state index in [4.69, 9.17) is 4.98 Å². The molecule has 5 nitrogen and oxygen atoms in total. The van der Waals surface area contributed by atoms with E-state index in [-0.39, 0.29) is 5.91 Å². The highest BCUT2D eigenvalue weighted by Gasteiger charge is 2.27. The number of nitrogens with one attached hydrogen (secondary N) is 1. The maximum Gasteiger partial charge on any atom is 0.276 e. The molecule has 1 aliphatic rings. The molecule has 0 saturated heterocycles. The van der Waals surface area contributed by atoms with Crippen molar-refractivity contribution in [1.82, 2.24) is 14.8 Å². The standard InChI is InChI=1S/C22H22N4OS2/c1-3-26-11-10-16(25-26)20(27)24-22-19(14-9-8-13(2)12-18(14)29-22)21-23-15-6-4-5-7-17(15)28-21/h4-7,10-11,13H,3,8-9,12H2,1-2H3,(H,24,27). The van der Waals surface area contributed by atoms with Crippen LogP contribution in [0.5, 0.6) is 0 Å². The SMILES string of the molecule is CCn1ccc(C(=O)Nc2sc3c(c2-c2nc4ccccc4s2)CCC(C)C3)n1. The minimum Gasteiger partial charge on any atom is -0.312 e. The Morgan fingerprint density at radius 1 is 1.28 bits per heavy atom.